The van der Waals surface area contributed by atoms with Crippen molar-refractivity contribution < 1.29 is 29.0 Å². The van der Waals surface area contributed by atoms with E-state index in [0.29, 0.717) is 30.1 Å². The Kier molecular flexibility index (Phi) is 10.7. The van der Waals surface area contributed by atoms with Gasteiger partial charge in [0.25, 0.3) is 0 Å². The zero-order valence-electron chi connectivity index (χ0n) is 39.4. The molecule has 336 valence electrons. The molecule has 60 heavy (non-hydrogen) atoms. The lowest BCUT2D eigenvalue weighted by Crippen LogP contribution is -2.69. The first-order valence-corrected chi connectivity index (χ1v) is 24.3. The summed E-state index contributed by atoms with van der Waals surface area (Å²) in [7, 11) is 0. The van der Waals surface area contributed by atoms with Crippen molar-refractivity contribution in [1.82, 2.24) is 15.1 Å². The van der Waals surface area contributed by atoms with Crippen LogP contribution in [0.25, 0.3) is 0 Å². The number of piperazine rings is 1. The molecule has 0 bridgehead atoms. The summed E-state index contributed by atoms with van der Waals surface area (Å²) in [4.78, 5) is 58.9. The van der Waals surface area contributed by atoms with E-state index < -0.39 is 22.7 Å². The summed E-state index contributed by atoms with van der Waals surface area (Å²) in [5.74, 6) is 0.592. The van der Waals surface area contributed by atoms with Gasteiger partial charge in [0.05, 0.1) is 17.3 Å². The van der Waals surface area contributed by atoms with Crippen LogP contribution in [0.3, 0.4) is 0 Å². The van der Waals surface area contributed by atoms with Gasteiger partial charge in [-0.25, -0.2) is 0 Å². The van der Waals surface area contributed by atoms with Gasteiger partial charge >= 0.3 is 11.9 Å². The Hall–Kier alpha value is -2.42. The largest absolute Gasteiger partial charge is 0.481 e. The normalized spacial score (nSPS) is 46.2. The first-order chi connectivity index (χ1) is 27.9. The van der Waals surface area contributed by atoms with Gasteiger partial charge in [0, 0.05) is 43.6 Å². The molecule has 2 N–H and O–H groups in total. The summed E-state index contributed by atoms with van der Waals surface area (Å²) < 4.78 is 6.46. The number of ether oxygens (including phenoxy) is 1. The van der Waals surface area contributed by atoms with Gasteiger partial charge in [-0.3, -0.25) is 19.2 Å². The number of allylic oxidation sites excluding steroid dienone is 1. The first-order valence-electron chi connectivity index (χ1n) is 24.3. The minimum Gasteiger partial charge on any atom is -0.481 e. The van der Waals surface area contributed by atoms with Gasteiger partial charge in [-0.05, 0) is 147 Å². The maximum absolute atomic E-state index is 15.1. The van der Waals surface area contributed by atoms with Crippen LogP contribution in [0.2, 0.25) is 0 Å². The first kappa shape index (κ1) is 44.2. The molecule has 14 atom stereocenters. The molecular formula is C51H81N3O6. The Morgan fingerprint density at radius 3 is 2.00 bits per heavy atom. The number of carboxylic acid groups (broad SMARTS) is 1. The fourth-order valence-electron chi connectivity index (χ4n) is 17.1. The van der Waals surface area contributed by atoms with Gasteiger partial charge in [-0.2, -0.15) is 0 Å². The summed E-state index contributed by atoms with van der Waals surface area (Å²) in [6.07, 6.45) is 11.3. The standard InChI is InChI=1S/C51H81N3O6/c1-13-53-24-26-54(27-25-53)41(55)33-29-38(46(33,6)7)52-44(59)51-21-16-31(30(2)3)40(51)32-14-15-37-48(10)19-18-39(60-43(58)35-28-34(42(56)57)45(35,4)5)47(8,9)36(48)17-20-50(37,12)49(32,11)22-23-51/h31-40H,2,13-29H2,1,3-12H3,(H,52,59)(H,56,57)/t31-,32+,33-,34-,35+,36-,37+,38-,39-,40?,48-,49+,50+,51-/m0/s1. The van der Waals surface area contributed by atoms with Crippen molar-refractivity contribution in [1.29, 1.82) is 0 Å². The number of carbonyl (C=O) groups excluding carboxylic acids is 3. The number of aliphatic carboxylic acids is 1. The Balaban J connectivity index is 0.986. The van der Waals surface area contributed by atoms with Crippen molar-refractivity contribution in [2.45, 2.75) is 165 Å². The van der Waals surface area contributed by atoms with Crippen LogP contribution in [0.4, 0.5) is 0 Å². The second-order valence-electron chi connectivity index (χ2n) is 24.5. The molecule has 1 saturated heterocycles. The predicted octanol–water partition coefficient (Wildman–Crippen LogP) is 9.00. The van der Waals surface area contributed by atoms with Crippen LogP contribution in [0.15, 0.2) is 12.2 Å². The number of rotatable bonds is 8. The summed E-state index contributed by atoms with van der Waals surface area (Å²) >= 11 is 0. The number of carboxylic acids is 1. The Morgan fingerprint density at radius 1 is 0.717 bits per heavy atom. The van der Waals surface area contributed by atoms with Crippen molar-refractivity contribution in [3.05, 3.63) is 12.2 Å². The molecule has 7 saturated carbocycles. The Morgan fingerprint density at radius 2 is 1.40 bits per heavy atom. The topological polar surface area (TPSA) is 116 Å². The van der Waals surface area contributed by atoms with E-state index in [9.17, 15) is 19.5 Å². The zero-order chi connectivity index (χ0) is 43.7. The molecule has 1 unspecified atom stereocenters. The minimum absolute atomic E-state index is 0.00574. The van der Waals surface area contributed by atoms with Crippen LogP contribution < -0.4 is 5.32 Å². The number of fused-ring (bicyclic) bond motifs is 7. The van der Waals surface area contributed by atoms with Crippen molar-refractivity contribution in [2.75, 3.05) is 32.7 Å². The van der Waals surface area contributed by atoms with E-state index in [1.54, 1.807) is 0 Å². The van der Waals surface area contributed by atoms with Gasteiger partial charge < -0.3 is 25.0 Å². The third kappa shape index (κ3) is 6.11. The number of esters is 1. The van der Waals surface area contributed by atoms with Crippen molar-refractivity contribution in [3.8, 4) is 0 Å². The number of hydrogen-bond donors (Lipinski definition) is 2. The average molecular weight is 832 g/mol. The van der Waals surface area contributed by atoms with Crippen molar-refractivity contribution in [3.63, 3.8) is 0 Å². The molecule has 0 radical (unpaired) electrons. The lowest BCUT2D eigenvalue weighted by molar-refractivity contribution is -0.251. The quantitative estimate of drug-likeness (QED) is 0.185. The molecule has 0 aromatic rings. The highest BCUT2D eigenvalue weighted by Crippen LogP contribution is 2.78. The molecule has 0 spiro atoms. The van der Waals surface area contributed by atoms with Crippen molar-refractivity contribution >= 4 is 23.8 Å². The van der Waals surface area contributed by atoms with E-state index in [0.717, 1.165) is 96.9 Å². The third-order valence-electron chi connectivity index (χ3n) is 21.6. The van der Waals surface area contributed by atoms with Gasteiger partial charge in [0.2, 0.25) is 11.8 Å². The van der Waals surface area contributed by atoms with Gasteiger partial charge in [-0.15, -0.1) is 0 Å². The van der Waals surface area contributed by atoms with Crippen molar-refractivity contribution in [2.24, 2.45) is 85.2 Å². The number of amides is 2. The number of carbonyl (C=O) groups is 4. The molecular weight excluding hydrogens is 751 g/mol. The number of likely N-dealkylation sites (N-methyl/N-ethyl adjacent to an activating group) is 1. The van der Waals surface area contributed by atoms with Crippen LogP contribution in [-0.4, -0.2) is 83.5 Å². The monoisotopic (exact) mass is 832 g/mol. The van der Waals surface area contributed by atoms with E-state index in [1.807, 2.05) is 13.8 Å². The highest BCUT2D eigenvalue weighted by atomic mass is 16.5. The molecule has 9 nitrogen and oxygen atoms in total. The molecule has 2 amide bonds. The molecule has 1 heterocycles. The van der Waals surface area contributed by atoms with Crippen LogP contribution in [0.1, 0.15) is 153 Å². The molecule has 8 aliphatic rings. The second-order valence-corrected chi connectivity index (χ2v) is 24.5. The summed E-state index contributed by atoms with van der Waals surface area (Å²) in [5.41, 5.74) is 0.0924. The highest BCUT2D eigenvalue weighted by molar-refractivity contribution is 5.86. The van der Waals surface area contributed by atoms with Gasteiger partial charge in [0.15, 0.2) is 0 Å². The number of nitrogens with one attached hydrogen (secondary N) is 1. The SMILES string of the molecule is C=C(C)[C@@H]1CC[C@]2(C(=O)N[C@H]3C[C@@H](C(=O)N4CCN(CC)CC4)C3(C)C)CC[C@]3(C)[C@H](CC[C@@H]4[C@@]5(C)CC[C@H](OC(=O)[C@H]6C[C@@H](C(=O)O)C6(C)C)C(C)(C)[C@@H]5CC[C@]43C)C12. The lowest BCUT2D eigenvalue weighted by atomic mass is 9.32. The van der Waals surface area contributed by atoms with Gasteiger partial charge in [-0.1, -0.05) is 81.4 Å². The lowest BCUT2D eigenvalue weighted by Gasteiger charge is -2.73. The van der Waals surface area contributed by atoms with Crippen LogP contribution in [0.5, 0.6) is 0 Å². The summed E-state index contributed by atoms with van der Waals surface area (Å²) in [6.45, 7) is 34.2. The fraction of sp³-hybridized carbons (Fsp3) is 0.882. The summed E-state index contributed by atoms with van der Waals surface area (Å²) in [6, 6.07) is 0.00574. The Labute approximate surface area is 362 Å². The molecule has 7 aliphatic carbocycles. The van der Waals surface area contributed by atoms with Gasteiger partial charge in [0.1, 0.15) is 6.10 Å². The average Bonchev–Trinajstić information content (AvgIpc) is 3.58. The van der Waals surface area contributed by atoms with E-state index in [2.05, 4.69) is 84.0 Å². The zero-order valence-corrected chi connectivity index (χ0v) is 39.4. The predicted molar refractivity (Wildman–Crippen MR) is 234 cm³/mol. The van der Waals surface area contributed by atoms with Crippen LogP contribution in [0, 0.1) is 85.2 Å². The molecule has 0 aromatic carbocycles. The molecule has 8 rings (SSSR count). The molecule has 8 fully saturated rings. The van der Waals surface area contributed by atoms with E-state index in [-0.39, 0.29) is 74.8 Å². The maximum atomic E-state index is 15.1. The van der Waals surface area contributed by atoms with E-state index in [1.165, 1.54) is 12.0 Å². The van der Waals surface area contributed by atoms with E-state index in [4.69, 9.17) is 4.74 Å². The summed E-state index contributed by atoms with van der Waals surface area (Å²) in [5, 5.41) is 13.4. The fourth-order valence-corrected chi connectivity index (χ4v) is 17.1. The maximum Gasteiger partial charge on any atom is 0.309 e. The number of hydrogen-bond acceptors (Lipinski definition) is 6. The minimum atomic E-state index is -0.821. The molecule has 1 aliphatic heterocycles. The highest BCUT2D eigenvalue weighted by Gasteiger charge is 2.72. The molecule has 9 heteroatoms. The Bertz CT molecular complexity index is 1780. The second kappa shape index (κ2) is 14.6. The third-order valence-corrected chi connectivity index (χ3v) is 21.6. The van der Waals surface area contributed by atoms with Crippen LogP contribution in [-0.2, 0) is 23.9 Å². The van der Waals surface area contributed by atoms with E-state index >= 15 is 4.79 Å². The van der Waals surface area contributed by atoms with Crippen LogP contribution >= 0.6 is 0 Å². The number of nitrogens with zero attached hydrogens (tertiary/aromatic N) is 2. The molecule has 0 aromatic heterocycles. The smallest absolute Gasteiger partial charge is 0.309 e.